The van der Waals surface area contributed by atoms with E-state index in [0.29, 0.717) is 12.8 Å². The van der Waals surface area contributed by atoms with Gasteiger partial charge in [-0.25, -0.2) is 0 Å². The van der Waals surface area contributed by atoms with Crippen LogP contribution in [0.25, 0.3) is 10.9 Å². The number of aromatic nitrogens is 1. The highest BCUT2D eigenvalue weighted by Crippen LogP contribution is 2.35. The van der Waals surface area contributed by atoms with Gasteiger partial charge in [-0.2, -0.15) is 0 Å². The molecule has 5 nitrogen and oxygen atoms in total. The number of fused-ring (bicyclic) bond motifs is 1. The van der Waals surface area contributed by atoms with E-state index in [1.165, 1.54) is 7.11 Å². The van der Waals surface area contributed by atoms with Gasteiger partial charge >= 0.3 is 5.97 Å². The Morgan fingerprint density at radius 1 is 1.27 bits per heavy atom. The maximum Gasteiger partial charge on any atom is 0.305 e. The number of methoxy groups -OCH3 is 2. The quantitative estimate of drug-likeness (QED) is 0.795. The number of rotatable bonds is 5. The zero-order valence-electron chi connectivity index (χ0n) is 13.8. The van der Waals surface area contributed by atoms with Crippen LogP contribution in [0.3, 0.4) is 0 Å². The molecule has 0 bridgehead atoms. The third kappa shape index (κ3) is 3.13. The topological polar surface area (TPSA) is 51.7 Å². The molecule has 0 aliphatic heterocycles. The van der Waals surface area contributed by atoms with E-state index in [4.69, 9.17) is 9.47 Å². The fourth-order valence-electron chi connectivity index (χ4n) is 2.61. The fourth-order valence-corrected chi connectivity index (χ4v) is 2.61. The summed E-state index contributed by atoms with van der Waals surface area (Å²) in [7, 11) is 7.04. The number of benzene rings is 1. The monoisotopic (exact) mass is 302 g/mol. The number of hydrogen-bond acceptors (Lipinski definition) is 5. The fraction of sp³-hybridized carbons (Fsp3) is 0.412. The van der Waals surface area contributed by atoms with E-state index < -0.39 is 0 Å². The van der Waals surface area contributed by atoms with E-state index in [0.717, 1.165) is 33.6 Å². The molecule has 0 saturated carbocycles. The van der Waals surface area contributed by atoms with E-state index in [9.17, 15) is 4.79 Å². The van der Waals surface area contributed by atoms with Gasteiger partial charge in [-0.3, -0.25) is 9.78 Å². The number of ether oxygens (including phenoxy) is 2. The van der Waals surface area contributed by atoms with Crippen molar-refractivity contribution in [2.45, 2.75) is 19.8 Å². The number of carbonyl (C=O) groups excluding carboxylic acids is 1. The molecule has 1 heterocycles. The van der Waals surface area contributed by atoms with Crippen LogP contribution in [-0.4, -0.2) is 39.3 Å². The van der Waals surface area contributed by atoms with Gasteiger partial charge < -0.3 is 14.4 Å². The van der Waals surface area contributed by atoms with E-state index in [-0.39, 0.29) is 5.97 Å². The highest BCUT2D eigenvalue weighted by atomic mass is 16.5. The molecule has 1 aromatic heterocycles. The summed E-state index contributed by atoms with van der Waals surface area (Å²) in [6, 6.07) is 5.90. The van der Waals surface area contributed by atoms with Gasteiger partial charge in [0.1, 0.15) is 5.75 Å². The van der Waals surface area contributed by atoms with E-state index >= 15 is 0 Å². The van der Waals surface area contributed by atoms with Gasteiger partial charge in [-0.05, 0) is 31.5 Å². The van der Waals surface area contributed by atoms with Crippen LogP contribution in [0, 0.1) is 6.92 Å². The van der Waals surface area contributed by atoms with Gasteiger partial charge in [-0.15, -0.1) is 0 Å². The minimum Gasteiger partial charge on any atom is -0.496 e. The molecule has 0 unspecified atom stereocenters. The maximum absolute atomic E-state index is 11.5. The Morgan fingerprint density at radius 2 is 2.00 bits per heavy atom. The average Bonchev–Trinajstić information content (AvgIpc) is 2.50. The number of hydrogen-bond donors (Lipinski definition) is 0. The molecule has 2 aromatic rings. The predicted molar refractivity (Wildman–Crippen MR) is 87.7 cm³/mol. The second-order valence-electron chi connectivity index (χ2n) is 5.39. The molecule has 0 spiro atoms. The van der Waals surface area contributed by atoms with E-state index in [1.54, 1.807) is 7.11 Å². The molecule has 2 rings (SSSR count). The zero-order chi connectivity index (χ0) is 16.3. The van der Waals surface area contributed by atoms with Gasteiger partial charge in [0.05, 0.1) is 19.7 Å². The van der Waals surface area contributed by atoms with Crippen LogP contribution in [0.15, 0.2) is 18.2 Å². The first-order chi connectivity index (χ1) is 10.5. The van der Waals surface area contributed by atoms with Crippen LogP contribution < -0.4 is 9.64 Å². The van der Waals surface area contributed by atoms with Crippen molar-refractivity contribution in [3.8, 4) is 5.75 Å². The number of pyridine rings is 1. The Labute approximate surface area is 130 Å². The van der Waals surface area contributed by atoms with Gasteiger partial charge in [0.15, 0.2) is 0 Å². The first kappa shape index (κ1) is 16.1. The Balaban J connectivity index is 2.65. The van der Waals surface area contributed by atoms with Crippen molar-refractivity contribution in [1.82, 2.24) is 4.98 Å². The van der Waals surface area contributed by atoms with Gasteiger partial charge in [0.25, 0.3) is 0 Å². The summed E-state index contributed by atoms with van der Waals surface area (Å²) in [6.07, 6.45) is 0.867. The van der Waals surface area contributed by atoms with Crippen LogP contribution in [0.1, 0.15) is 17.7 Å². The molecule has 1 aromatic carbocycles. The van der Waals surface area contributed by atoms with Crippen LogP contribution in [0.4, 0.5) is 5.69 Å². The highest BCUT2D eigenvalue weighted by Gasteiger charge is 2.16. The molecule has 0 N–H and O–H groups in total. The molecule has 0 fully saturated rings. The van der Waals surface area contributed by atoms with Crippen molar-refractivity contribution < 1.29 is 14.3 Å². The SMILES string of the molecule is COC(=O)CCc1c(OC)ccc2nc(C)cc(N(C)C)c12. The summed E-state index contributed by atoms with van der Waals surface area (Å²) < 4.78 is 10.2. The van der Waals surface area contributed by atoms with Gasteiger partial charge in [0.2, 0.25) is 0 Å². The minimum atomic E-state index is -0.231. The molecule has 0 aliphatic carbocycles. The lowest BCUT2D eigenvalue weighted by Crippen LogP contribution is -2.12. The lowest BCUT2D eigenvalue weighted by molar-refractivity contribution is -0.140. The summed E-state index contributed by atoms with van der Waals surface area (Å²) in [4.78, 5) is 18.2. The van der Waals surface area contributed by atoms with E-state index in [2.05, 4.69) is 9.88 Å². The number of aryl methyl sites for hydroxylation is 2. The first-order valence-corrected chi connectivity index (χ1v) is 7.19. The molecule has 0 radical (unpaired) electrons. The Kier molecular flexibility index (Phi) is 4.85. The second kappa shape index (κ2) is 6.64. The summed E-state index contributed by atoms with van der Waals surface area (Å²) >= 11 is 0. The van der Waals surface area contributed by atoms with Gasteiger partial charge in [-0.1, -0.05) is 0 Å². The number of carbonyl (C=O) groups is 1. The molecule has 5 heteroatoms. The standard InChI is InChI=1S/C17H22N2O3/c1-11-10-14(19(2)3)17-12(6-9-16(20)22-5)15(21-4)8-7-13(17)18-11/h7-8,10H,6,9H2,1-5H3. The second-order valence-corrected chi connectivity index (χ2v) is 5.39. The summed E-state index contributed by atoms with van der Waals surface area (Å²) in [5.74, 6) is 0.538. The Hall–Kier alpha value is -2.30. The third-order valence-electron chi connectivity index (χ3n) is 3.65. The zero-order valence-corrected chi connectivity index (χ0v) is 13.8. The average molecular weight is 302 g/mol. The third-order valence-corrected chi connectivity index (χ3v) is 3.65. The van der Waals surface area contributed by atoms with Gasteiger partial charge in [0, 0.05) is 42.8 Å². The summed E-state index contributed by atoms with van der Waals surface area (Å²) in [5.41, 5.74) is 3.92. The predicted octanol–water partition coefficient (Wildman–Crippen LogP) is 2.72. The molecule has 22 heavy (non-hydrogen) atoms. The van der Waals surface area contributed by atoms with Crippen LogP contribution >= 0.6 is 0 Å². The largest absolute Gasteiger partial charge is 0.496 e. The normalized spacial score (nSPS) is 10.6. The van der Waals surface area contributed by atoms with Crippen LogP contribution in [0.5, 0.6) is 5.75 Å². The summed E-state index contributed by atoms with van der Waals surface area (Å²) in [5, 5.41) is 1.03. The smallest absolute Gasteiger partial charge is 0.305 e. The maximum atomic E-state index is 11.5. The Bertz CT molecular complexity index is 696. The molecule has 0 aliphatic rings. The van der Waals surface area contributed by atoms with Crippen LogP contribution in [-0.2, 0) is 16.0 Å². The Morgan fingerprint density at radius 3 is 2.59 bits per heavy atom. The lowest BCUT2D eigenvalue weighted by Gasteiger charge is -2.20. The molecule has 118 valence electrons. The number of nitrogens with zero attached hydrogens (tertiary/aromatic N) is 2. The van der Waals surface area contributed by atoms with Crippen molar-refractivity contribution in [2.24, 2.45) is 0 Å². The van der Waals surface area contributed by atoms with Crippen LogP contribution in [0.2, 0.25) is 0 Å². The van der Waals surface area contributed by atoms with E-state index in [1.807, 2.05) is 39.2 Å². The van der Waals surface area contributed by atoms with Crippen molar-refractivity contribution in [2.75, 3.05) is 33.2 Å². The van der Waals surface area contributed by atoms with Crippen molar-refractivity contribution in [3.05, 3.63) is 29.5 Å². The summed E-state index contributed by atoms with van der Waals surface area (Å²) in [6.45, 7) is 1.98. The first-order valence-electron chi connectivity index (χ1n) is 7.19. The molecular formula is C17H22N2O3. The minimum absolute atomic E-state index is 0.231. The number of anilines is 1. The highest BCUT2D eigenvalue weighted by molar-refractivity contribution is 5.96. The van der Waals surface area contributed by atoms with Crippen molar-refractivity contribution in [1.29, 1.82) is 0 Å². The van der Waals surface area contributed by atoms with Crippen molar-refractivity contribution in [3.63, 3.8) is 0 Å². The molecule has 0 atom stereocenters. The number of esters is 1. The molecular weight excluding hydrogens is 280 g/mol. The molecule has 0 amide bonds. The molecule has 0 saturated heterocycles. The van der Waals surface area contributed by atoms with Crippen molar-refractivity contribution >= 4 is 22.6 Å². The lowest BCUT2D eigenvalue weighted by atomic mass is 10.00.